The molecule has 0 aliphatic rings. The van der Waals surface area contributed by atoms with E-state index in [1.165, 1.54) is 11.9 Å². The zero-order chi connectivity index (χ0) is 14.4. The Balaban J connectivity index is 2.28. The molecule has 1 heterocycles. The first kappa shape index (κ1) is 14.1. The topological polar surface area (TPSA) is 59.1 Å². The molecule has 0 saturated heterocycles. The number of ether oxygens (including phenoxy) is 1. The molecular weight excluding hydrogens is 252 g/mol. The lowest BCUT2D eigenvalue weighted by Gasteiger charge is -2.20. The fourth-order valence-corrected chi connectivity index (χ4v) is 2.12. The highest BCUT2D eigenvalue weighted by Crippen LogP contribution is 2.32. The number of nitrogens with one attached hydrogen (secondary N) is 2. The van der Waals surface area contributed by atoms with E-state index in [-0.39, 0.29) is 6.04 Å². The maximum Gasteiger partial charge on any atom is 0.204 e. The van der Waals surface area contributed by atoms with Crippen molar-refractivity contribution in [2.75, 3.05) is 24.8 Å². The Kier molecular flexibility index (Phi) is 4.76. The van der Waals surface area contributed by atoms with E-state index in [0.29, 0.717) is 17.4 Å². The molecule has 106 valence electrons. The van der Waals surface area contributed by atoms with Crippen LogP contribution in [0.4, 0.5) is 11.6 Å². The Morgan fingerprint density at radius 1 is 1.15 bits per heavy atom. The Hall–Kier alpha value is -2.30. The molecule has 5 heteroatoms. The summed E-state index contributed by atoms with van der Waals surface area (Å²) in [7, 11) is 3.43. The first-order valence-electron chi connectivity index (χ1n) is 6.68. The zero-order valence-electron chi connectivity index (χ0n) is 12.1. The average molecular weight is 272 g/mol. The zero-order valence-corrected chi connectivity index (χ0v) is 12.1. The summed E-state index contributed by atoms with van der Waals surface area (Å²) in [5.74, 6) is 2.00. The number of hydrogen-bond acceptors (Lipinski definition) is 5. The van der Waals surface area contributed by atoms with Crippen LogP contribution in [0.3, 0.4) is 0 Å². The van der Waals surface area contributed by atoms with E-state index in [2.05, 4.69) is 39.7 Å². The highest BCUT2D eigenvalue weighted by molar-refractivity contribution is 5.63. The Morgan fingerprint density at radius 3 is 2.45 bits per heavy atom. The molecule has 0 spiro atoms. The highest BCUT2D eigenvalue weighted by atomic mass is 16.5. The highest BCUT2D eigenvalue weighted by Gasteiger charge is 2.15. The minimum atomic E-state index is 0.185. The molecule has 2 N–H and O–H groups in total. The molecule has 0 saturated carbocycles. The van der Waals surface area contributed by atoms with Crippen LogP contribution in [0, 0.1) is 0 Å². The summed E-state index contributed by atoms with van der Waals surface area (Å²) in [5.41, 5.74) is 1.22. The van der Waals surface area contributed by atoms with Crippen LogP contribution < -0.4 is 15.4 Å². The lowest BCUT2D eigenvalue weighted by molar-refractivity contribution is 0.414. The summed E-state index contributed by atoms with van der Waals surface area (Å²) in [5, 5.41) is 6.42. The molecule has 1 aromatic heterocycles. The van der Waals surface area contributed by atoms with Crippen LogP contribution >= 0.6 is 0 Å². The smallest absolute Gasteiger partial charge is 0.204 e. The summed E-state index contributed by atoms with van der Waals surface area (Å²) in [6.07, 6.45) is 2.47. The minimum Gasteiger partial charge on any atom is -0.490 e. The molecule has 1 unspecified atom stereocenters. The van der Waals surface area contributed by atoms with E-state index < -0.39 is 0 Å². The average Bonchev–Trinajstić information content (AvgIpc) is 2.52. The van der Waals surface area contributed by atoms with Gasteiger partial charge in [0, 0.05) is 7.05 Å². The van der Waals surface area contributed by atoms with Crippen LogP contribution in [0.5, 0.6) is 5.75 Å². The van der Waals surface area contributed by atoms with E-state index in [0.717, 1.165) is 6.42 Å². The van der Waals surface area contributed by atoms with Crippen LogP contribution in [0.2, 0.25) is 0 Å². The maximum absolute atomic E-state index is 5.40. The second-order valence-corrected chi connectivity index (χ2v) is 4.37. The number of methoxy groups -OCH3 is 1. The third kappa shape index (κ3) is 2.99. The quantitative estimate of drug-likeness (QED) is 0.846. The van der Waals surface area contributed by atoms with Crippen molar-refractivity contribution in [3.8, 4) is 5.75 Å². The van der Waals surface area contributed by atoms with Gasteiger partial charge < -0.3 is 15.4 Å². The van der Waals surface area contributed by atoms with Crippen molar-refractivity contribution in [1.29, 1.82) is 0 Å². The van der Waals surface area contributed by atoms with Gasteiger partial charge in [-0.1, -0.05) is 37.3 Å². The molecule has 1 aromatic carbocycles. The maximum atomic E-state index is 5.40. The minimum absolute atomic E-state index is 0.185. The number of anilines is 2. The molecule has 0 bridgehead atoms. The Morgan fingerprint density at radius 2 is 1.85 bits per heavy atom. The van der Waals surface area contributed by atoms with Crippen molar-refractivity contribution in [2.45, 2.75) is 19.4 Å². The summed E-state index contributed by atoms with van der Waals surface area (Å²) in [6, 6.07) is 10.5. The number of rotatable bonds is 6. The Labute approximate surface area is 119 Å². The predicted octanol–water partition coefficient (Wildman–Crippen LogP) is 3.09. The van der Waals surface area contributed by atoms with E-state index in [4.69, 9.17) is 4.74 Å². The van der Waals surface area contributed by atoms with Gasteiger partial charge in [-0.2, -0.15) is 0 Å². The number of hydrogen-bond donors (Lipinski definition) is 2. The molecule has 0 aliphatic carbocycles. The van der Waals surface area contributed by atoms with Crippen LogP contribution in [0.1, 0.15) is 24.9 Å². The van der Waals surface area contributed by atoms with E-state index in [9.17, 15) is 0 Å². The molecule has 20 heavy (non-hydrogen) atoms. The summed E-state index contributed by atoms with van der Waals surface area (Å²) < 4.78 is 5.40. The molecule has 0 radical (unpaired) electrons. The first-order valence-corrected chi connectivity index (χ1v) is 6.68. The second-order valence-electron chi connectivity index (χ2n) is 4.37. The molecular formula is C15H20N4O. The van der Waals surface area contributed by atoms with Crippen LogP contribution in [0.25, 0.3) is 0 Å². The van der Waals surface area contributed by atoms with Gasteiger partial charge >= 0.3 is 0 Å². The monoisotopic (exact) mass is 272 g/mol. The molecule has 1 atom stereocenters. The predicted molar refractivity (Wildman–Crippen MR) is 81.2 cm³/mol. The van der Waals surface area contributed by atoms with Gasteiger partial charge in [-0.15, -0.1) is 0 Å². The molecule has 2 aromatic rings. The first-order chi connectivity index (χ1) is 9.80. The fraction of sp³-hybridized carbons (Fsp3) is 0.333. The van der Waals surface area contributed by atoms with Gasteiger partial charge in [0.05, 0.1) is 13.2 Å². The van der Waals surface area contributed by atoms with E-state index in [1.807, 2.05) is 25.2 Å². The van der Waals surface area contributed by atoms with Gasteiger partial charge in [0.25, 0.3) is 0 Å². The van der Waals surface area contributed by atoms with E-state index in [1.54, 1.807) is 7.11 Å². The normalized spacial score (nSPS) is 11.8. The van der Waals surface area contributed by atoms with Gasteiger partial charge in [-0.3, -0.25) is 0 Å². The van der Waals surface area contributed by atoms with Crippen LogP contribution in [-0.4, -0.2) is 24.1 Å². The van der Waals surface area contributed by atoms with Crippen molar-refractivity contribution in [2.24, 2.45) is 0 Å². The molecule has 2 rings (SSSR count). The van der Waals surface area contributed by atoms with Crippen LogP contribution in [0.15, 0.2) is 36.7 Å². The van der Waals surface area contributed by atoms with Crippen molar-refractivity contribution >= 4 is 11.6 Å². The van der Waals surface area contributed by atoms with Crippen LogP contribution in [-0.2, 0) is 0 Å². The van der Waals surface area contributed by atoms with Crippen molar-refractivity contribution < 1.29 is 4.74 Å². The largest absolute Gasteiger partial charge is 0.490 e. The third-order valence-electron chi connectivity index (χ3n) is 3.17. The lowest BCUT2D eigenvalue weighted by atomic mass is 10.0. The fourth-order valence-electron chi connectivity index (χ4n) is 2.12. The summed E-state index contributed by atoms with van der Waals surface area (Å²) >= 11 is 0. The van der Waals surface area contributed by atoms with Gasteiger partial charge in [-0.05, 0) is 12.0 Å². The van der Waals surface area contributed by atoms with Gasteiger partial charge in [0.15, 0.2) is 11.6 Å². The van der Waals surface area contributed by atoms with Crippen molar-refractivity contribution in [3.05, 3.63) is 42.2 Å². The van der Waals surface area contributed by atoms with Gasteiger partial charge in [-0.25, -0.2) is 9.97 Å². The number of benzene rings is 1. The molecule has 5 nitrogen and oxygen atoms in total. The number of aromatic nitrogens is 2. The molecule has 0 fully saturated rings. The Bertz CT molecular complexity index is 545. The third-order valence-corrected chi connectivity index (χ3v) is 3.17. The lowest BCUT2D eigenvalue weighted by Crippen LogP contribution is -2.12. The summed E-state index contributed by atoms with van der Waals surface area (Å²) in [6.45, 7) is 2.14. The van der Waals surface area contributed by atoms with Gasteiger partial charge in [0.1, 0.15) is 6.33 Å². The molecule has 0 aliphatic heterocycles. The van der Waals surface area contributed by atoms with E-state index >= 15 is 0 Å². The summed E-state index contributed by atoms with van der Waals surface area (Å²) in [4.78, 5) is 8.43. The second kappa shape index (κ2) is 6.75. The number of nitrogens with zero attached hydrogens (tertiary/aromatic N) is 2. The standard InChI is InChI=1S/C15H20N4O/c1-4-12(11-8-6-5-7-9-11)19-15-13(20-3)14(16-2)17-10-18-15/h5-10,12H,4H2,1-3H3,(H2,16,17,18,19). The molecule has 0 amide bonds. The SMILES string of the molecule is CCC(Nc1ncnc(NC)c1OC)c1ccccc1. The van der Waals surface area contributed by atoms with Gasteiger partial charge in [0.2, 0.25) is 5.75 Å². The van der Waals surface area contributed by atoms with Crippen molar-refractivity contribution in [3.63, 3.8) is 0 Å². The van der Waals surface area contributed by atoms with Crippen molar-refractivity contribution in [1.82, 2.24) is 9.97 Å².